The van der Waals surface area contributed by atoms with Crippen LogP contribution in [0.4, 0.5) is 8.78 Å². The molecule has 13 heavy (non-hydrogen) atoms. The predicted molar refractivity (Wildman–Crippen MR) is 50.5 cm³/mol. The minimum Gasteiger partial charge on any atom is -0.293 e. The van der Waals surface area contributed by atoms with E-state index in [1.54, 1.807) is 7.05 Å². The van der Waals surface area contributed by atoms with E-state index in [0.29, 0.717) is 5.92 Å². The van der Waals surface area contributed by atoms with Crippen molar-refractivity contribution >= 4 is 5.71 Å². The Bertz CT molecular complexity index is 244. The van der Waals surface area contributed by atoms with Crippen LogP contribution in [0.2, 0.25) is 0 Å². The molecule has 1 aliphatic rings. The second kappa shape index (κ2) is 3.56. The Hall–Kier alpha value is -0.730. The van der Waals surface area contributed by atoms with E-state index in [4.69, 9.17) is 0 Å². The molecule has 0 aromatic carbocycles. The smallest absolute Gasteiger partial charge is 0.266 e. The van der Waals surface area contributed by atoms with Crippen LogP contribution in [0.5, 0.6) is 0 Å². The Labute approximate surface area is 77.6 Å². The molecule has 0 saturated heterocycles. The van der Waals surface area contributed by atoms with Crippen molar-refractivity contribution in [1.29, 1.82) is 0 Å². The molecular weight excluding hydrogens is 172 g/mol. The van der Waals surface area contributed by atoms with Crippen molar-refractivity contribution in [2.24, 2.45) is 10.9 Å². The monoisotopic (exact) mass is 187 g/mol. The van der Waals surface area contributed by atoms with Crippen molar-refractivity contribution in [1.82, 2.24) is 0 Å². The van der Waals surface area contributed by atoms with E-state index >= 15 is 0 Å². The molecule has 0 amide bonds. The average molecular weight is 187 g/mol. The lowest BCUT2D eigenvalue weighted by molar-refractivity contribution is 0.0637. The molecule has 1 nitrogen and oxygen atoms in total. The summed E-state index contributed by atoms with van der Waals surface area (Å²) in [4.78, 5) is 4.01. The summed E-state index contributed by atoms with van der Waals surface area (Å²) >= 11 is 0. The molecule has 0 unspecified atom stereocenters. The fourth-order valence-electron chi connectivity index (χ4n) is 1.09. The van der Waals surface area contributed by atoms with Crippen molar-refractivity contribution < 1.29 is 8.78 Å². The molecule has 1 saturated carbocycles. The van der Waals surface area contributed by atoms with E-state index in [9.17, 15) is 8.78 Å². The molecule has 0 spiro atoms. The van der Waals surface area contributed by atoms with Crippen LogP contribution >= 0.6 is 0 Å². The van der Waals surface area contributed by atoms with Crippen LogP contribution in [-0.4, -0.2) is 18.7 Å². The van der Waals surface area contributed by atoms with Crippen LogP contribution in [0.1, 0.15) is 26.7 Å². The van der Waals surface area contributed by atoms with E-state index < -0.39 is 5.92 Å². The van der Waals surface area contributed by atoms with Gasteiger partial charge in [-0.15, -0.1) is 0 Å². The zero-order chi connectivity index (χ0) is 10.1. The first-order chi connectivity index (χ1) is 5.95. The van der Waals surface area contributed by atoms with E-state index in [1.807, 2.05) is 0 Å². The number of hydrogen-bond donors (Lipinski definition) is 0. The first kappa shape index (κ1) is 10.4. The third kappa shape index (κ3) is 2.90. The standard InChI is InChI=1S/C10H15F2N/c1-7(10(2,11)12)6-9(13-3)8-4-5-8/h6,8H,4-5H2,1-3H3/b7-6+,13-9?. The summed E-state index contributed by atoms with van der Waals surface area (Å²) in [6.07, 6.45) is 3.70. The summed E-state index contributed by atoms with van der Waals surface area (Å²) in [6, 6.07) is 0. The number of nitrogens with zero attached hydrogens (tertiary/aromatic N) is 1. The highest BCUT2D eigenvalue weighted by atomic mass is 19.3. The molecule has 0 aromatic heterocycles. The lowest BCUT2D eigenvalue weighted by Gasteiger charge is -2.10. The number of alkyl halides is 2. The lowest BCUT2D eigenvalue weighted by Crippen LogP contribution is -2.13. The Morgan fingerprint density at radius 1 is 1.46 bits per heavy atom. The quantitative estimate of drug-likeness (QED) is 0.602. The number of hydrogen-bond acceptors (Lipinski definition) is 1. The molecule has 0 atom stereocenters. The number of rotatable bonds is 3. The van der Waals surface area contributed by atoms with Crippen LogP contribution in [0, 0.1) is 5.92 Å². The minimum absolute atomic E-state index is 0.0972. The molecule has 1 aliphatic carbocycles. The fraction of sp³-hybridized carbons (Fsp3) is 0.700. The molecule has 0 bridgehead atoms. The van der Waals surface area contributed by atoms with Gasteiger partial charge in [-0.2, -0.15) is 0 Å². The van der Waals surface area contributed by atoms with Crippen LogP contribution in [0.3, 0.4) is 0 Å². The van der Waals surface area contributed by atoms with Gasteiger partial charge in [0.1, 0.15) is 0 Å². The maximum absolute atomic E-state index is 12.8. The molecule has 3 heteroatoms. The largest absolute Gasteiger partial charge is 0.293 e. The highest BCUT2D eigenvalue weighted by Gasteiger charge is 2.29. The van der Waals surface area contributed by atoms with E-state index in [2.05, 4.69) is 4.99 Å². The summed E-state index contributed by atoms with van der Waals surface area (Å²) in [6.45, 7) is 2.37. The Balaban J connectivity index is 2.73. The van der Waals surface area contributed by atoms with Crippen LogP contribution in [-0.2, 0) is 0 Å². The molecule has 0 N–H and O–H groups in total. The van der Waals surface area contributed by atoms with Gasteiger partial charge >= 0.3 is 0 Å². The lowest BCUT2D eigenvalue weighted by atomic mass is 10.1. The molecule has 1 fully saturated rings. The van der Waals surface area contributed by atoms with E-state index in [1.165, 1.54) is 13.0 Å². The Kier molecular flexibility index (Phi) is 2.84. The zero-order valence-electron chi connectivity index (χ0n) is 8.27. The van der Waals surface area contributed by atoms with E-state index in [0.717, 1.165) is 25.5 Å². The fourth-order valence-corrected chi connectivity index (χ4v) is 1.09. The Morgan fingerprint density at radius 2 is 2.00 bits per heavy atom. The first-order valence-electron chi connectivity index (χ1n) is 4.48. The van der Waals surface area contributed by atoms with Crippen molar-refractivity contribution in [3.63, 3.8) is 0 Å². The van der Waals surface area contributed by atoms with Crippen LogP contribution in [0.15, 0.2) is 16.6 Å². The molecule has 0 heterocycles. The van der Waals surface area contributed by atoms with Crippen molar-refractivity contribution in [3.8, 4) is 0 Å². The molecule has 0 aliphatic heterocycles. The minimum atomic E-state index is -2.72. The van der Waals surface area contributed by atoms with Gasteiger partial charge in [0.2, 0.25) is 0 Å². The first-order valence-corrected chi connectivity index (χ1v) is 4.48. The normalized spacial score (nSPS) is 20.7. The van der Waals surface area contributed by atoms with Gasteiger partial charge in [0.25, 0.3) is 5.92 Å². The summed E-state index contributed by atoms with van der Waals surface area (Å²) < 4.78 is 25.5. The third-order valence-electron chi connectivity index (χ3n) is 2.31. The number of allylic oxidation sites excluding steroid dienone is 2. The topological polar surface area (TPSA) is 12.4 Å². The average Bonchev–Trinajstić information content (AvgIpc) is 2.80. The summed E-state index contributed by atoms with van der Waals surface area (Å²) in [7, 11) is 1.66. The zero-order valence-corrected chi connectivity index (χ0v) is 8.27. The highest BCUT2D eigenvalue weighted by molar-refractivity contribution is 5.98. The maximum Gasteiger partial charge on any atom is 0.266 e. The molecule has 0 radical (unpaired) electrons. The van der Waals surface area contributed by atoms with Crippen LogP contribution < -0.4 is 0 Å². The summed E-state index contributed by atoms with van der Waals surface area (Å²) in [5, 5.41) is 0. The van der Waals surface area contributed by atoms with Gasteiger partial charge in [-0.25, -0.2) is 8.78 Å². The molecule has 74 valence electrons. The van der Waals surface area contributed by atoms with Gasteiger partial charge in [0, 0.05) is 25.6 Å². The van der Waals surface area contributed by atoms with Gasteiger partial charge in [-0.05, 0) is 31.4 Å². The second-order valence-electron chi connectivity index (χ2n) is 3.64. The molecule has 1 rings (SSSR count). The van der Waals surface area contributed by atoms with Crippen molar-refractivity contribution in [2.75, 3.05) is 7.05 Å². The summed E-state index contributed by atoms with van der Waals surface area (Å²) in [5.41, 5.74) is 0.916. The number of aliphatic imine (C=N–C) groups is 1. The molecule has 0 aromatic rings. The van der Waals surface area contributed by atoms with Crippen molar-refractivity contribution in [2.45, 2.75) is 32.6 Å². The van der Waals surface area contributed by atoms with Gasteiger partial charge in [-0.1, -0.05) is 0 Å². The summed E-state index contributed by atoms with van der Waals surface area (Å²) in [5.74, 6) is -2.28. The van der Waals surface area contributed by atoms with Gasteiger partial charge in [0.15, 0.2) is 0 Å². The Morgan fingerprint density at radius 3 is 2.31 bits per heavy atom. The predicted octanol–water partition coefficient (Wildman–Crippen LogP) is 3.07. The van der Waals surface area contributed by atoms with Crippen molar-refractivity contribution in [3.05, 3.63) is 11.6 Å². The van der Waals surface area contributed by atoms with Gasteiger partial charge < -0.3 is 0 Å². The third-order valence-corrected chi connectivity index (χ3v) is 2.31. The number of halogens is 2. The van der Waals surface area contributed by atoms with E-state index in [-0.39, 0.29) is 5.57 Å². The second-order valence-corrected chi connectivity index (χ2v) is 3.64. The van der Waals surface area contributed by atoms with Gasteiger partial charge in [-0.3, -0.25) is 4.99 Å². The molecular formula is C10H15F2N. The highest BCUT2D eigenvalue weighted by Crippen LogP contribution is 2.32. The SMILES string of the molecule is CN=C(/C=C(\C)C(C)(F)F)C1CC1. The van der Waals surface area contributed by atoms with Crippen LogP contribution in [0.25, 0.3) is 0 Å². The van der Waals surface area contributed by atoms with Gasteiger partial charge in [0.05, 0.1) is 0 Å². The maximum atomic E-state index is 12.8.